The van der Waals surface area contributed by atoms with Crippen molar-refractivity contribution in [3.05, 3.63) is 62.6 Å². The van der Waals surface area contributed by atoms with Crippen molar-refractivity contribution in [2.45, 2.75) is 6.18 Å². The number of rotatable bonds is 5. The van der Waals surface area contributed by atoms with Crippen LogP contribution >= 0.6 is 46.4 Å². The third-order valence-corrected chi connectivity index (χ3v) is 5.50. The predicted octanol–water partition coefficient (Wildman–Crippen LogP) is 7.04. The number of halogens is 7. The van der Waals surface area contributed by atoms with Crippen LogP contribution < -0.4 is 14.5 Å². The molecule has 0 N–H and O–H groups in total. The number of piperazine rings is 1. The number of nitrogens with zero attached hydrogens (tertiary/aromatic N) is 2. The predicted molar refractivity (Wildman–Crippen MR) is 118 cm³/mol. The van der Waals surface area contributed by atoms with E-state index in [1.165, 1.54) is 18.2 Å². The van der Waals surface area contributed by atoms with Crippen LogP contribution in [-0.2, 0) is 6.18 Å². The largest absolute Gasteiger partial charge is 0.489 e. The first-order valence-electron chi connectivity index (χ1n) is 8.95. The van der Waals surface area contributed by atoms with Crippen molar-refractivity contribution in [2.75, 3.05) is 42.6 Å². The fraction of sp³-hybridized carbons (Fsp3) is 0.300. The summed E-state index contributed by atoms with van der Waals surface area (Å²) < 4.78 is 44.5. The van der Waals surface area contributed by atoms with E-state index in [4.69, 9.17) is 51.1 Å². The van der Waals surface area contributed by atoms with Crippen molar-refractivity contribution in [1.29, 1.82) is 0 Å². The SMILES string of the molecule is FC(F)(F)c1cccc(N2CCN(c3c(Cl)cc(OCC=C(Cl)Cl)cc3Cl)CC2)c1. The standard InChI is InChI=1S/C20H17Cl4F3N2O/c21-16-11-15(30-9-4-18(23)24)12-17(22)19(16)29-7-5-28(6-8-29)14-3-1-2-13(10-14)20(25,26)27/h1-4,10-12H,5-9H2. The molecule has 0 atom stereocenters. The summed E-state index contributed by atoms with van der Waals surface area (Å²) in [7, 11) is 0. The molecular weight excluding hydrogens is 483 g/mol. The minimum atomic E-state index is -4.37. The molecular formula is C20H17Cl4F3N2O. The molecule has 1 heterocycles. The highest BCUT2D eigenvalue weighted by Gasteiger charge is 2.31. The molecule has 0 amide bonds. The molecule has 2 aromatic carbocycles. The molecule has 1 aliphatic heterocycles. The molecule has 0 unspecified atom stereocenters. The van der Waals surface area contributed by atoms with Crippen LogP contribution in [0.25, 0.3) is 0 Å². The summed E-state index contributed by atoms with van der Waals surface area (Å²) in [5.41, 5.74) is 0.547. The smallest absolute Gasteiger partial charge is 0.416 e. The first kappa shape index (κ1) is 23.2. The second kappa shape index (κ2) is 9.77. The highest BCUT2D eigenvalue weighted by molar-refractivity contribution is 6.55. The van der Waals surface area contributed by atoms with E-state index in [-0.39, 0.29) is 11.1 Å². The zero-order valence-corrected chi connectivity index (χ0v) is 18.5. The summed E-state index contributed by atoms with van der Waals surface area (Å²) in [5, 5.41) is 0.844. The zero-order valence-electron chi connectivity index (χ0n) is 15.5. The molecule has 0 bridgehead atoms. The molecule has 0 spiro atoms. The Morgan fingerprint density at radius 2 is 1.57 bits per heavy atom. The maximum Gasteiger partial charge on any atom is 0.416 e. The molecule has 0 radical (unpaired) electrons. The second-order valence-corrected chi connectivity index (χ2v) is 8.38. The Hall–Kier alpha value is -1.47. The minimum Gasteiger partial charge on any atom is -0.489 e. The summed E-state index contributed by atoms with van der Waals surface area (Å²) in [6.45, 7) is 2.35. The van der Waals surface area contributed by atoms with Crippen LogP contribution in [0, 0.1) is 0 Å². The normalized spacial score (nSPS) is 14.6. The highest BCUT2D eigenvalue weighted by Crippen LogP contribution is 2.38. The Balaban J connectivity index is 1.68. The fourth-order valence-corrected chi connectivity index (χ4v) is 4.03. The van der Waals surface area contributed by atoms with Crippen molar-refractivity contribution < 1.29 is 17.9 Å². The number of alkyl halides is 3. The van der Waals surface area contributed by atoms with Crippen molar-refractivity contribution >= 4 is 57.8 Å². The Bertz CT molecular complexity index is 902. The van der Waals surface area contributed by atoms with Gasteiger partial charge in [-0.1, -0.05) is 52.5 Å². The van der Waals surface area contributed by atoms with E-state index < -0.39 is 11.7 Å². The van der Waals surface area contributed by atoms with Crippen LogP contribution in [0.4, 0.5) is 24.5 Å². The zero-order chi connectivity index (χ0) is 21.9. The van der Waals surface area contributed by atoms with E-state index in [2.05, 4.69) is 0 Å². The number of hydrogen-bond donors (Lipinski definition) is 0. The van der Waals surface area contributed by atoms with Crippen molar-refractivity contribution in [3.63, 3.8) is 0 Å². The van der Waals surface area contributed by atoms with Gasteiger partial charge < -0.3 is 14.5 Å². The lowest BCUT2D eigenvalue weighted by molar-refractivity contribution is -0.137. The summed E-state index contributed by atoms with van der Waals surface area (Å²) in [4.78, 5) is 3.92. The third kappa shape index (κ3) is 5.82. The van der Waals surface area contributed by atoms with E-state index in [1.807, 2.05) is 9.80 Å². The number of benzene rings is 2. The molecule has 3 rings (SSSR count). The monoisotopic (exact) mass is 498 g/mol. The van der Waals surface area contributed by atoms with Gasteiger partial charge in [0.1, 0.15) is 16.8 Å². The van der Waals surface area contributed by atoms with E-state index in [0.29, 0.717) is 53.3 Å². The van der Waals surface area contributed by atoms with Gasteiger partial charge in [-0.25, -0.2) is 0 Å². The first-order valence-corrected chi connectivity index (χ1v) is 10.5. The quantitative estimate of drug-likeness (QED) is 0.439. The van der Waals surface area contributed by atoms with E-state index in [1.54, 1.807) is 18.2 Å². The summed E-state index contributed by atoms with van der Waals surface area (Å²) in [6.07, 6.45) is -2.88. The molecule has 0 saturated carbocycles. The van der Waals surface area contributed by atoms with E-state index in [9.17, 15) is 13.2 Å². The minimum absolute atomic E-state index is 0.0995. The molecule has 2 aromatic rings. The molecule has 162 valence electrons. The van der Waals surface area contributed by atoms with Gasteiger partial charge in [-0.15, -0.1) is 0 Å². The Morgan fingerprint density at radius 1 is 0.967 bits per heavy atom. The van der Waals surface area contributed by atoms with Crippen LogP contribution in [-0.4, -0.2) is 32.8 Å². The summed E-state index contributed by atoms with van der Waals surface area (Å²) in [5.74, 6) is 0.474. The van der Waals surface area contributed by atoms with Crippen LogP contribution in [0.1, 0.15) is 5.56 Å². The maximum absolute atomic E-state index is 13.0. The highest BCUT2D eigenvalue weighted by atomic mass is 35.5. The van der Waals surface area contributed by atoms with Crippen LogP contribution in [0.3, 0.4) is 0 Å². The Morgan fingerprint density at radius 3 is 2.13 bits per heavy atom. The topological polar surface area (TPSA) is 15.7 Å². The van der Waals surface area contributed by atoms with Gasteiger partial charge in [0.2, 0.25) is 0 Å². The van der Waals surface area contributed by atoms with Crippen LogP contribution in [0.2, 0.25) is 10.0 Å². The lowest BCUT2D eigenvalue weighted by atomic mass is 10.1. The molecule has 30 heavy (non-hydrogen) atoms. The van der Waals surface area contributed by atoms with Gasteiger partial charge in [-0.2, -0.15) is 13.2 Å². The molecule has 1 aliphatic rings. The summed E-state index contributed by atoms with van der Waals surface area (Å²) >= 11 is 23.9. The Kier molecular flexibility index (Phi) is 7.56. The van der Waals surface area contributed by atoms with E-state index >= 15 is 0 Å². The molecule has 10 heteroatoms. The van der Waals surface area contributed by atoms with Crippen LogP contribution in [0.15, 0.2) is 47.0 Å². The first-order chi connectivity index (χ1) is 14.1. The average Bonchev–Trinajstić information content (AvgIpc) is 2.67. The van der Waals surface area contributed by atoms with Crippen molar-refractivity contribution in [3.8, 4) is 5.75 Å². The van der Waals surface area contributed by atoms with Crippen molar-refractivity contribution in [1.82, 2.24) is 0 Å². The number of hydrogen-bond acceptors (Lipinski definition) is 3. The molecule has 1 saturated heterocycles. The molecule has 3 nitrogen and oxygen atoms in total. The van der Waals surface area contributed by atoms with Gasteiger partial charge in [0.25, 0.3) is 0 Å². The third-order valence-electron chi connectivity index (χ3n) is 4.61. The van der Waals surface area contributed by atoms with Gasteiger partial charge in [0, 0.05) is 44.0 Å². The molecule has 1 fully saturated rings. The van der Waals surface area contributed by atoms with Gasteiger partial charge in [0.05, 0.1) is 21.3 Å². The van der Waals surface area contributed by atoms with E-state index in [0.717, 1.165) is 6.07 Å². The number of anilines is 2. The maximum atomic E-state index is 13.0. The van der Waals surface area contributed by atoms with Gasteiger partial charge in [-0.05, 0) is 24.3 Å². The average molecular weight is 500 g/mol. The Labute approximate surface area is 192 Å². The fourth-order valence-electron chi connectivity index (χ4n) is 3.20. The second-order valence-electron chi connectivity index (χ2n) is 6.56. The molecule has 0 aromatic heterocycles. The molecule has 0 aliphatic carbocycles. The number of ether oxygens (including phenoxy) is 1. The van der Waals surface area contributed by atoms with Gasteiger partial charge >= 0.3 is 6.18 Å². The van der Waals surface area contributed by atoms with Gasteiger partial charge in [-0.3, -0.25) is 0 Å². The van der Waals surface area contributed by atoms with Crippen LogP contribution in [0.5, 0.6) is 5.75 Å². The van der Waals surface area contributed by atoms with Crippen molar-refractivity contribution in [2.24, 2.45) is 0 Å². The summed E-state index contributed by atoms with van der Waals surface area (Å²) in [6, 6.07) is 8.64. The lowest BCUT2D eigenvalue weighted by Gasteiger charge is -2.38. The van der Waals surface area contributed by atoms with Gasteiger partial charge in [0.15, 0.2) is 0 Å². The lowest BCUT2D eigenvalue weighted by Crippen LogP contribution is -2.46.